The van der Waals surface area contributed by atoms with Crippen molar-refractivity contribution in [3.8, 4) is 45.7 Å². The highest BCUT2D eigenvalue weighted by Crippen LogP contribution is 2.37. The van der Waals surface area contributed by atoms with Gasteiger partial charge in [0.1, 0.15) is 0 Å². The molecule has 0 bridgehead atoms. The van der Waals surface area contributed by atoms with Gasteiger partial charge >= 0.3 is 0 Å². The Bertz CT molecular complexity index is 2550. The molecule has 0 saturated carbocycles. The number of aromatic nitrogens is 5. The van der Waals surface area contributed by atoms with Gasteiger partial charge in [-0.25, -0.2) is 24.9 Å². The predicted molar refractivity (Wildman–Crippen MR) is 187 cm³/mol. The van der Waals surface area contributed by atoms with Gasteiger partial charge in [0.15, 0.2) is 17.5 Å². The Labute approximate surface area is 264 Å². The highest BCUT2D eigenvalue weighted by Gasteiger charge is 2.18. The molecule has 5 heteroatoms. The topological polar surface area (TPSA) is 64.5 Å². The summed E-state index contributed by atoms with van der Waals surface area (Å²) in [5.41, 5.74) is 4.48. The molecule has 9 rings (SSSR count). The minimum atomic E-state index is 0.426. The summed E-state index contributed by atoms with van der Waals surface area (Å²) in [6.45, 7) is 0. The van der Waals surface area contributed by atoms with Crippen LogP contribution in [0.3, 0.4) is 0 Å². The van der Waals surface area contributed by atoms with Gasteiger partial charge < -0.3 is 0 Å². The van der Waals surface area contributed by atoms with E-state index in [1.807, 2.05) is 66.7 Å². The van der Waals surface area contributed by atoms with Gasteiger partial charge in [-0.15, -0.1) is 0 Å². The zero-order chi connectivity index (χ0) is 30.5. The molecule has 0 aliphatic rings. The van der Waals surface area contributed by atoms with Crippen LogP contribution < -0.4 is 0 Å². The quantitative estimate of drug-likeness (QED) is 0.192. The van der Waals surface area contributed by atoms with E-state index in [0.717, 1.165) is 38.7 Å². The van der Waals surface area contributed by atoms with Crippen molar-refractivity contribution in [1.82, 2.24) is 24.9 Å². The van der Waals surface area contributed by atoms with Crippen molar-refractivity contribution in [2.24, 2.45) is 0 Å². The van der Waals surface area contributed by atoms with Crippen molar-refractivity contribution in [1.29, 1.82) is 0 Å². The van der Waals surface area contributed by atoms with Gasteiger partial charge in [-0.2, -0.15) is 0 Å². The zero-order valence-corrected chi connectivity index (χ0v) is 24.7. The Hall–Kier alpha value is -6.33. The lowest BCUT2D eigenvalue weighted by molar-refractivity contribution is 1.04. The van der Waals surface area contributed by atoms with Gasteiger partial charge in [0.2, 0.25) is 5.82 Å². The molecule has 0 saturated heterocycles. The minimum absolute atomic E-state index is 0.426. The number of hydrogen-bond donors (Lipinski definition) is 0. The number of fused-ring (bicyclic) bond motifs is 7. The summed E-state index contributed by atoms with van der Waals surface area (Å²) >= 11 is 0. The number of rotatable bonds is 4. The lowest BCUT2D eigenvalue weighted by Crippen LogP contribution is -2.03. The summed E-state index contributed by atoms with van der Waals surface area (Å²) < 4.78 is 0. The lowest BCUT2D eigenvalue weighted by Gasteiger charge is -2.13. The summed E-state index contributed by atoms with van der Waals surface area (Å²) in [6, 6.07) is 51.9. The van der Waals surface area contributed by atoms with Crippen molar-refractivity contribution in [2.75, 3.05) is 0 Å². The van der Waals surface area contributed by atoms with Gasteiger partial charge in [-0.1, -0.05) is 140 Å². The fraction of sp³-hybridized carbons (Fsp3) is 0. The van der Waals surface area contributed by atoms with Crippen LogP contribution in [0.25, 0.3) is 88.9 Å². The lowest BCUT2D eigenvalue weighted by atomic mass is 9.93. The largest absolute Gasteiger partial charge is 0.225 e. The molecular formula is C41H25N5. The van der Waals surface area contributed by atoms with Gasteiger partial charge in [0, 0.05) is 22.1 Å². The summed E-state index contributed by atoms with van der Waals surface area (Å²) in [5.74, 6) is 2.02. The fourth-order valence-corrected chi connectivity index (χ4v) is 6.36. The van der Waals surface area contributed by atoms with E-state index < -0.39 is 0 Å². The maximum atomic E-state index is 5.07. The Balaban J connectivity index is 1.30. The number of hydrogen-bond acceptors (Lipinski definition) is 5. The summed E-state index contributed by atoms with van der Waals surface area (Å²) in [4.78, 5) is 25.0. The molecule has 0 fully saturated rings. The molecule has 214 valence electrons. The van der Waals surface area contributed by atoms with Crippen molar-refractivity contribution >= 4 is 43.2 Å². The standard InChI is InChI=1S/C41H25N5/c1-3-13-26(14-4-1)37-34-21-11-12-22-36(34)42-40(43-37)41-45-38(27-15-5-2-6-16-27)44-39(46-41)28-23-24-33-31-19-8-7-17-29(31)30-18-9-10-20-32(30)35(33)25-28/h1-25H. The second-order valence-corrected chi connectivity index (χ2v) is 11.3. The molecule has 0 spiro atoms. The third-order valence-corrected chi connectivity index (χ3v) is 8.52. The van der Waals surface area contributed by atoms with Crippen LogP contribution in [-0.2, 0) is 0 Å². The molecule has 0 radical (unpaired) electrons. The Morgan fingerprint density at radius 1 is 0.261 bits per heavy atom. The first-order valence-electron chi connectivity index (χ1n) is 15.3. The zero-order valence-electron chi connectivity index (χ0n) is 24.7. The van der Waals surface area contributed by atoms with E-state index in [0.29, 0.717) is 23.3 Å². The molecule has 0 N–H and O–H groups in total. The summed E-state index contributed by atoms with van der Waals surface area (Å²) in [7, 11) is 0. The first-order chi connectivity index (χ1) is 22.8. The molecule has 0 amide bonds. The number of benzene rings is 7. The maximum Gasteiger partial charge on any atom is 0.201 e. The fourth-order valence-electron chi connectivity index (χ4n) is 6.36. The molecule has 7 aromatic carbocycles. The van der Waals surface area contributed by atoms with Gasteiger partial charge in [-0.05, 0) is 44.5 Å². The molecule has 0 atom stereocenters. The molecule has 0 aliphatic heterocycles. The van der Waals surface area contributed by atoms with E-state index in [9.17, 15) is 0 Å². The Kier molecular flexibility index (Phi) is 6.06. The average molecular weight is 588 g/mol. The van der Waals surface area contributed by atoms with Crippen LogP contribution in [0, 0.1) is 0 Å². The van der Waals surface area contributed by atoms with E-state index in [1.54, 1.807) is 0 Å². The third-order valence-electron chi connectivity index (χ3n) is 8.52. The van der Waals surface area contributed by atoms with E-state index >= 15 is 0 Å². The van der Waals surface area contributed by atoms with E-state index in [4.69, 9.17) is 24.9 Å². The Morgan fingerprint density at radius 2 is 0.717 bits per heavy atom. The molecular weight excluding hydrogens is 562 g/mol. The normalized spacial score (nSPS) is 11.5. The first-order valence-corrected chi connectivity index (χ1v) is 15.3. The van der Waals surface area contributed by atoms with Gasteiger partial charge in [0.25, 0.3) is 0 Å². The molecule has 46 heavy (non-hydrogen) atoms. The van der Waals surface area contributed by atoms with Gasteiger partial charge in [0.05, 0.1) is 11.2 Å². The highest BCUT2D eigenvalue weighted by atomic mass is 15.1. The molecule has 5 nitrogen and oxygen atoms in total. The Morgan fingerprint density at radius 3 is 1.37 bits per heavy atom. The van der Waals surface area contributed by atoms with Crippen molar-refractivity contribution in [3.05, 3.63) is 152 Å². The minimum Gasteiger partial charge on any atom is -0.225 e. The molecule has 2 aromatic heterocycles. The number of para-hydroxylation sites is 1. The third kappa shape index (κ3) is 4.37. The SMILES string of the molecule is c1ccc(-c2nc(-c3ccc4c5ccccc5c5ccccc5c4c3)nc(-c3nc(-c4ccccc4)c4ccccc4n3)n2)cc1. The van der Waals surface area contributed by atoms with E-state index in [-0.39, 0.29) is 0 Å². The van der Waals surface area contributed by atoms with Crippen LogP contribution in [0.15, 0.2) is 152 Å². The van der Waals surface area contributed by atoms with Crippen molar-refractivity contribution in [3.63, 3.8) is 0 Å². The average Bonchev–Trinajstić information content (AvgIpc) is 3.15. The molecule has 0 aliphatic carbocycles. The van der Waals surface area contributed by atoms with Crippen LogP contribution in [0.5, 0.6) is 0 Å². The summed E-state index contributed by atoms with van der Waals surface area (Å²) in [6.07, 6.45) is 0. The van der Waals surface area contributed by atoms with Crippen LogP contribution in [0.4, 0.5) is 0 Å². The molecule has 2 heterocycles. The number of nitrogens with zero attached hydrogens (tertiary/aromatic N) is 5. The maximum absolute atomic E-state index is 5.07. The smallest absolute Gasteiger partial charge is 0.201 e. The van der Waals surface area contributed by atoms with Crippen molar-refractivity contribution in [2.45, 2.75) is 0 Å². The summed E-state index contributed by atoms with van der Waals surface area (Å²) in [5, 5.41) is 8.22. The van der Waals surface area contributed by atoms with Crippen LogP contribution in [-0.4, -0.2) is 24.9 Å². The second kappa shape index (κ2) is 10.7. The second-order valence-electron chi connectivity index (χ2n) is 11.3. The van der Waals surface area contributed by atoms with Crippen molar-refractivity contribution < 1.29 is 0 Å². The predicted octanol–water partition coefficient (Wildman–Crippen LogP) is 9.94. The molecule has 9 aromatic rings. The van der Waals surface area contributed by atoms with E-state index in [2.05, 4.69) is 84.9 Å². The highest BCUT2D eigenvalue weighted by molar-refractivity contribution is 6.25. The van der Waals surface area contributed by atoms with Crippen LogP contribution in [0.1, 0.15) is 0 Å². The van der Waals surface area contributed by atoms with Crippen LogP contribution in [0.2, 0.25) is 0 Å². The van der Waals surface area contributed by atoms with Gasteiger partial charge in [-0.3, -0.25) is 0 Å². The van der Waals surface area contributed by atoms with Crippen LogP contribution >= 0.6 is 0 Å². The monoisotopic (exact) mass is 587 g/mol. The molecule has 0 unspecified atom stereocenters. The van der Waals surface area contributed by atoms with E-state index in [1.165, 1.54) is 26.9 Å². The first kappa shape index (κ1) is 26.1.